The van der Waals surface area contributed by atoms with Crippen LogP contribution in [0.5, 0.6) is 0 Å². The lowest BCUT2D eigenvalue weighted by Crippen LogP contribution is -2.20. The van der Waals surface area contributed by atoms with Crippen LogP contribution in [0.3, 0.4) is 0 Å². The van der Waals surface area contributed by atoms with Crippen LogP contribution >= 0.6 is 15.9 Å². The molecule has 0 amide bonds. The Morgan fingerprint density at radius 1 is 1.35 bits per heavy atom. The lowest BCUT2D eigenvalue weighted by atomic mass is 10.0. The van der Waals surface area contributed by atoms with E-state index in [1.54, 1.807) is 4.68 Å². The normalized spacial score (nSPS) is 12.6. The van der Waals surface area contributed by atoms with Crippen molar-refractivity contribution in [3.63, 3.8) is 0 Å². The van der Waals surface area contributed by atoms with E-state index in [2.05, 4.69) is 57.5 Å². The second-order valence-corrected chi connectivity index (χ2v) is 5.64. The number of hydrogen-bond acceptors (Lipinski definition) is 3. The van der Waals surface area contributed by atoms with Gasteiger partial charge in [0.05, 0.1) is 19.3 Å². The molecule has 1 heterocycles. The third-order valence-electron chi connectivity index (χ3n) is 3.25. The fourth-order valence-electron chi connectivity index (χ4n) is 2.16. The molecule has 0 radical (unpaired) electrons. The first kappa shape index (κ1) is 15.2. The highest BCUT2D eigenvalue weighted by Gasteiger charge is 2.09. The number of aliphatic hydroxyl groups is 1. The van der Waals surface area contributed by atoms with Crippen molar-refractivity contribution in [2.75, 3.05) is 6.61 Å². The predicted molar refractivity (Wildman–Crippen MR) is 83.3 cm³/mol. The van der Waals surface area contributed by atoms with Gasteiger partial charge in [-0.05, 0) is 24.1 Å². The maximum atomic E-state index is 8.88. The molecule has 0 saturated heterocycles. The SMILES string of the molecule is CCC(NCc1cnn(CCO)c1)c1ccc(Br)cc1. The first-order valence-corrected chi connectivity index (χ1v) is 7.63. The molecule has 2 aromatic rings. The van der Waals surface area contributed by atoms with Gasteiger partial charge in [0.2, 0.25) is 0 Å². The Balaban J connectivity index is 1.94. The third-order valence-corrected chi connectivity index (χ3v) is 3.78. The molecule has 5 heteroatoms. The van der Waals surface area contributed by atoms with Crippen LogP contribution in [-0.2, 0) is 13.1 Å². The monoisotopic (exact) mass is 337 g/mol. The molecule has 0 fully saturated rings. The predicted octanol–water partition coefficient (Wildman–Crippen LogP) is 2.88. The number of nitrogens with zero attached hydrogens (tertiary/aromatic N) is 2. The van der Waals surface area contributed by atoms with Crippen LogP contribution in [0.15, 0.2) is 41.1 Å². The lowest BCUT2D eigenvalue weighted by Gasteiger charge is -2.17. The molecule has 108 valence electrons. The Morgan fingerprint density at radius 2 is 2.10 bits per heavy atom. The van der Waals surface area contributed by atoms with Crippen LogP contribution < -0.4 is 5.32 Å². The van der Waals surface area contributed by atoms with Crippen LogP contribution in [0.2, 0.25) is 0 Å². The van der Waals surface area contributed by atoms with Gasteiger partial charge in [0, 0.05) is 28.8 Å². The Labute approximate surface area is 127 Å². The Bertz CT molecular complexity index is 524. The largest absolute Gasteiger partial charge is 0.394 e. The molecule has 0 aliphatic rings. The quantitative estimate of drug-likeness (QED) is 0.816. The minimum atomic E-state index is 0.116. The van der Waals surface area contributed by atoms with Crippen LogP contribution in [0.4, 0.5) is 0 Å². The van der Waals surface area contributed by atoms with Gasteiger partial charge in [0.25, 0.3) is 0 Å². The highest BCUT2D eigenvalue weighted by Crippen LogP contribution is 2.19. The number of halogens is 1. The van der Waals surface area contributed by atoms with Crippen molar-refractivity contribution in [3.05, 3.63) is 52.3 Å². The summed E-state index contributed by atoms with van der Waals surface area (Å²) in [5.41, 5.74) is 2.42. The molecule has 1 atom stereocenters. The van der Waals surface area contributed by atoms with Gasteiger partial charge in [-0.3, -0.25) is 4.68 Å². The molecule has 0 aliphatic carbocycles. The minimum absolute atomic E-state index is 0.116. The number of aromatic nitrogens is 2. The van der Waals surface area contributed by atoms with Crippen molar-refractivity contribution in [2.24, 2.45) is 0 Å². The van der Waals surface area contributed by atoms with Gasteiger partial charge in [-0.15, -0.1) is 0 Å². The van der Waals surface area contributed by atoms with Gasteiger partial charge < -0.3 is 10.4 Å². The molecular weight excluding hydrogens is 318 g/mol. The number of nitrogens with one attached hydrogen (secondary N) is 1. The summed E-state index contributed by atoms with van der Waals surface area (Å²) in [5, 5.41) is 16.6. The van der Waals surface area contributed by atoms with Gasteiger partial charge in [-0.1, -0.05) is 35.0 Å². The summed E-state index contributed by atoms with van der Waals surface area (Å²) in [6.45, 7) is 3.61. The summed E-state index contributed by atoms with van der Waals surface area (Å²) in [5.74, 6) is 0. The van der Waals surface area contributed by atoms with E-state index >= 15 is 0 Å². The van der Waals surface area contributed by atoms with E-state index in [4.69, 9.17) is 5.11 Å². The molecule has 2 N–H and O–H groups in total. The average molecular weight is 338 g/mol. The van der Waals surface area contributed by atoms with Crippen LogP contribution in [0.1, 0.15) is 30.5 Å². The van der Waals surface area contributed by atoms with E-state index in [0.29, 0.717) is 12.6 Å². The molecule has 1 aromatic heterocycles. The van der Waals surface area contributed by atoms with Crippen molar-refractivity contribution in [2.45, 2.75) is 32.5 Å². The van der Waals surface area contributed by atoms with E-state index in [1.165, 1.54) is 5.56 Å². The van der Waals surface area contributed by atoms with E-state index in [-0.39, 0.29) is 6.61 Å². The Morgan fingerprint density at radius 3 is 2.75 bits per heavy atom. The average Bonchev–Trinajstić information content (AvgIpc) is 2.89. The van der Waals surface area contributed by atoms with Gasteiger partial charge in [-0.2, -0.15) is 5.10 Å². The summed E-state index contributed by atoms with van der Waals surface area (Å²) in [4.78, 5) is 0. The Kier molecular flexibility index (Phi) is 5.76. The number of rotatable bonds is 7. The van der Waals surface area contributed by atoms with Crippen LogP contribution in [0.25, 0.3) is 0 Å². The first-order chi connectivity index (χ1) is 9.72. The summed E-state index contributed by atoms with van der Waals surface area (Å²) < 4.78 is 2.86. The maximum absolute atomic E-state index is 8.88. The molecule has 0 saturated carbocycles. The molecule has 0 aliphatic heterocycles. The highest BCUT2D eigenvalue weighted by molar-refractivity contribution is 9.10. The smallest absolute Gasteiger partial charge is 0.0640 e. The fourth-order valence-corrected chi connectivity index (χ4v) is 2.42. The summed E-state index contributed by atoms with van der Waals surface area (Å²) in [6.07, 6.45) is 4.85. The second kappa shape index (κ2) is 7.57. The van der Waals surface area contributed by atoms with Gasteiger partial charge >= 0.3 is 0 Å². The lowest BCUT2D eigenvalue weighted by molar-refractivity contribution is 0.269. The molecule has 4 nitrogen and oxygen atoms in total. The van der Waals surface area contributed by atoms with Gasteiger partial charge in [0.1, 0.15) is 0 Å². The summed E-state index contributed by atoms with van der Waals surface area (Å²) in [7, 11) is 0. The van der Waals surface area contributed by atoms with E-state index < -0.39 is 0 Å². The van der Waals surface area contributed by atoms with Crippen molar-refractivity contribution in [1.29, 1.82) is 0 Å². The zero-order valence-electron chi connectivity index (χ0n) is 11.6. The molecule has 0 spiro atoms. The molecule has 1 aromatic carbocycles. The van der Waals surface area contributed by atoms with Gasteiger partial charge in [-0.25, -0.2) is 0 Å². The molecule has 2 rings (SSSR count). The van der Waals surface area contributed by atoms with Crippen LogP contribution in [-0.4, -0.2) is 21.5 Å². The van der Waals surface area contributed by atoms with Crippen molar-refractivity contribution < 1.29 is 5.11 Å². The molecule has 1 unspecified atom stereocenters. The minimum Gasteiger partial charge on any atom is -0.394 e. The topological polar surface area (TPSA) is 50.1 Å². The fraction of sp³-hybridized carbons (Fsp3) is 0.400. The second-order valence-electron chi connectivity index (χ2n) is 4.73. The first-order valence-electron chi connectivity index (χ1n) is 6.84. The number of aliphatic hydroxyl groups excluding tert-OH is 1. The third kappa shape index (κ3) is 4.16. The number of hydrogen-bond donors (Lipinski definition) is 2. The summed E-state index contributed by atoms with van der Waals surface area (Å²) in [6, 6.07) is 8.75. The van der Waals surface area contributed by atoms with Gasteiger partial charge in [0.15, 0.2) is 0 Å². The van der Waals surface area contributed by atoms with E-state index in [1.807, 2.05) is 12.4 Å². The summed E-state index contributed by atoms with van der Waals surface area (Å²) >= 11 is 3.46. The standard InChI is InChI=1S/C15H20BrN3O/c1-2-15(13-3-5-14(16)6-4-13)17-9-12-10-18-19(11-12)7-8-20/h3-6,10-11,15,17,20H,2,7-9H2,1H3. The van der Waals surface area contributed by atoms with E-state index in [9.17, 15) is 0 Å². The van der Waals surface area contributed by atoms with Crippen molar-refractivity contribution in [1.82, 2.24) is 15.1 Å². The Hall–Kier alpha value is -1.17. The molecule has 20 heavy (non-hydrogen) atoms. The molecule has 0 bridgehead atoms. The number of benzene rings is 1. The van der Waals surface area contributed by atoms with Crippen molar-refractivity contribution in [3.8, 4) is 0 Å². The zero-order valence-corrected chi connectivity index (χ0v) is 13.2. The maximum Gasteiger partial charge on any atom is 0.0640 e. The van der Waals surface area contributed by atoms with E-state index in [0.717, 1.165) is 23.0 Å². The zero-order chi connectivity index (χ0) is 14.4. The molecular formula is C15H20BrN3O. The highest BCUT2D eigenvalue weighted by atomic mass is 79.9. The van der Waals surface area contributed by atoms with Crippen LogP contribution in [0, 0.1) is 0 Å². The van der Waals surface area contributed by atoms with Crippen molar-refractivity contribution >= 4 is 15.9 Å².